The van der Waals surface area contributed by atoms with Crippen LogP contribution in [0.1, 0.15) is 49.7 Å². The van der Waals surface area contributed by atoms with Gasteiger partial charge in [-0.25, -0.2) is 0 Å². The fourth-order valence-electron chi connectivity index (χ4n) is 5.54. The van der Waals surface area contributed by atoms with E-state index in [0.29, 0.717) is 12.5 Å². The molecule has 1 heterocycles. The van der Waals surface area contributed by atoms with E-state index < -0.39 is 0 Å². The third kappa shape index (κ3) is 2.03. The van der Waals surface area contributed by atoms with Crippen molar-refractivity contribution in [1.82, 2.24) is 0 Å². The van der Waals surface area contributed by atoms with Gasteiger partial charge in [0.15, 0.2) is 0 Å². The number of hydrogen-bond donors (Lipinski definition) is 1. The Hall–Kier alpha value is -0.800. The zero-order valence-corrected chi connectivity index (χ0v) is 12.3. The van der Waals surface area contributed by atoms with Crippen molar-refractivity contribution in [3.05, 3.63) is 23.7 Å². The van der Waals surface area contributed by atoms with Crippen molar-refractivity contribution >= 4 is 0 Å². The van der Waals surface area contributed by atoms with E-state index in [9.17, 15) is 0 Å². The molecule has 2 N–H and O–H groups in total. The van der Waals surface area contributed by atoms with Crippen LogP contribution in [0.3, 0.4) is 0 Å². The van der Waals surface area contributed by atoms with E-state index in [2.05, 4.69) is 6.07 Å². The molecule has 4 bridgehead atoms. The van der Waals surface area contributed by atoms with Gasteiger partial charge < -0.3 is 14.9 Å². The standard InChI is InChI=1S/C17H25NO2/c1-19-9-14-2-3-15(20-14)17(18)16-12-5-10-4-11(7-12)8-13(16)6-10/h2-3,10-13,16-17H,4-9,18H2,1H3. The van der Waals surface area contributed by atoms with Gasteiger partial charge in [-0.1, -0.05) is 0 Å². The zero-order chi connectivity index (χ0) is 13.7. The Balaban J connectivity index is 1.54. The number of furan rings is 1. The van der Waals surface area contributed by atoms with Crippen LogP contribution < -0.4 is 5.73 Å². The highest BCUT2D eigenvalue weighted by atomic mass is 16.5. The fraction of sp³-hybridized carbons (Fsp3) is 0.765. The first kappa shape index (κ1) is 12.9. The van der Waals surface area contributed by atoms with Crippen LogP contribution in [0.5, 0.6) is 0 Å². The van der Waals surface area contributed by atoms with Gasteiger partial charge in [0.05, 0.1) is 6.04 Å². The van der Waals surface area contributed by atoms with Crippen molar-refractivity contribution in [2.45, 2.75) is 44.8 Å². The van der Waals surface area contributed by atoms with E-state index in [0.717, 1.165) is 35.2 Å². The lowest BCUT2D eigenvalue weighted by molar-refractivity contribution is -0.0498. The summed E-state index contributed by atoms with van der Waals surface area (Å²) in [6.45, 7) is 0.536. The highest BCUT2D eigenvalue weighted by Gasteiger charge is 2.50. The Morgan fingerprint density at radius 2 is 1.80 bits per heavy atom. The molecule has 5 rings (SSSR count). The Labute approximate surface area is 120 Å². The minimum atomic E-state index is 0.0793. The van der Waals surface area contributed by atoms with Gasteiger partial charge in [0, 0.05) is 7.11 Å². The van der Waals surface area contributed by atoms with Crippen molar-refractivity contribution in [3.8, 4) is 0 Å². The average Bonchev–Trinajstić information content (AvgIpc) is 2.86. The van der Waals surface area contributed by atoms with Crippen LogP contribution in [0.25, 0.3) is 0 Å². The lowest BCUT2D eigenvalue weighted by atomic mass is 9.50. The lowest BCUT2D eigenvalue weighted by Gasteiger charge is -2.55. The highest BCUT2D eigenvalue weighted by Crippen LogP contribution is 2.58. The molecule has 0 aliphatic heterocycles. The predicted molar refractivity (Wildman–Crippen MR) is 76.9 cm³/mol. The Bertz CT molecular complexity index is 453. The van der Waals surface area contributed by atoms with E-state index in [1.807, 2.05) is 6.07 Å². The largest absolute Gasteiger partial charge is 0.462 e. The van der Waals surface area contributed by atoms with Gasteiger partial charge in [0.1, 0.15) is 18.1 Å². The predicted octanol–water partition coefficient (Wildman–Crippen LogP) is 3.50. The van der Waals surface area contributed by atoms with Crippen LogP contribution in [0.4, 0.5) is 0 Å². The van der Waals surface area contributed by atoms with Crippen molar-refractivity contribution in [2.75, 3.05) is 7.11 Å². The molecule has 20 heavy (non-hydrogen) atoms. The molecule has 0 saturated heterocycles. The molecule has 4 aliphatic carbocycles. The molecule has 1 aromatic rings. The SMILES string of the molecule is COCc1ccc(C(N)C2C3CC4CC(C3)CC2C4)o1. The minimum absolute atomic E-state index is 0.0793. The summed E-state index contributed by atoms with van der Waals surface area (Å²) in [7, 11) is 1.69. The van der Waals surface area contributed by atoms with Crippen LogP contribution in [0.15, 0.2) is 16.5 Å². The van der Waals surface area contributed by atoms with Crippen molar-refractivity contribution in [2.24, 2.45) is 35.3 Å². The lowest BCUT2D eigenvalue weighted by Crippen LogP contribution is -2.48. The maximum absolute atomic E-state index is 6.60. The van der Waals surface area contributed by atoms with E-state index in [1.165, 1.54) is 32.1 Å². The number of methoxy groups -OCH3 is 1. The molecule has 0 radical (unpaired) electrons. The molecular formula is C17H25NO2. The number of rotatable bonds is 4. The maximum Gasteiger partial charge on any atom is 0.129 e. The van der Waals surface area contributed by atoms with Crippen LogP contribution in [0.2, 0.25) is 0 Å². The molecule has 1 aromatic heterocycles. The van der Waals surface area contributed by atoms with E-state index in [1.54, 1.807) is 7.11 Å². The van der Waals surface area contributed by atoms with Gasteiger partial charge in [0.25, 0.3) is 0 Å². The maximum atomic E-state index is 6.60. The molecule has 4 aliphatic rings. The molecule has 3 heteroatoms. The molecule has 0 spiro atoms. The second-order valence-electron chi connectivity index (χ2n) is 7.27. The van der Waals surface area contributed by atoms with Gasteiger partial charge >= 0.3 is 0 Å². The molecule has 4 fully saturated rings. The summed E-state index contributed by atoms with van der Waals surface area (Å²) >= 11 is 0. The zero-order valence-electron chi connectivity index (χ0n) is 12.3. The summed E-state index contributed by atoms with van der Waals surface area (Å²) in [6.07, 6.45) is 7.15. The first-order chi connectivity index (χ1) is 9.74. The van der Waals surface area contributed by atoms with Gasteiger partial charge in [-0.15, -0.1) is 0 Å². The molecule has 4 saturated carbocycles. The minimum Gasteiger partial charge on any atom is -0.462 e. The number of ether oxygens (including phenoxy) is 1. The van der Waals surface area contributed by atoms with Crippen molar-refractivity contribution in [1.29, 1.82) is 0 Å². The second kappa shape index (κ2) is 4.88. The molecule has 1 atom stereocenters. The molecule has 110 valence electrons. The van der Waals surface area contributed by atoms with Crippen LogP contribution in [-0.4, -0.2) is 7.11 Å². The van der Waals surface area contributed by atoms with Gasteiger partial charge in [-0.3, -0.25) is 0 Å². The van der Waals surface area contributed by atoms with E-state index in [-0.39, 0.29) is 6.04 Å². The Morgan fingerprint density at radius 1 is 1.15 bits per heavy atom. The van der Waals surface area contributed by atoms with Crippen molar-refractivity contribution in [3.63, 3.8) is 0 Å². The second-order valence-corrected chi connectivity index (χ2v) is 7.27. The summed E-state index contributed by atoms with van der Waals surface area (Å²) < 4.78 is 11.0. The monoisotopic (exact) mass is 275 g/mol. The quantitative estimate of drug-likeness (QED) is 0.915. The molecule has 1 unspecified atom stereocenters. The van der Waals surface area contributed by atoms with E-state index in [4.69, 9.17) is 14.9 Å². The van der Waals surface area contributed by atoms with Crippen LogP contribution in [-0.2, 0) is 11.3 Å². The smallest absolute Gasteiger partial charge is 0.129 e. The molecule has 3 nitrogen and oxygen atoms in total. The molecule has 0 aromatic carbocycles. The summed E-state index contributed by atoms with van der Waals surface area (Å²) in [5, 5.41) is 0. The first-order valence-corrected chi connectivity index (χ1v) is 8.07. The average molecular weight is 275 g/mol. The van der Waals surface area contributed by atoms with Crippen LogP contribution in [0, 0.1) is 29.6 Å². The van der Waals surface area contributed by atoms with Gasteiger partial charge in [0.2, 0.25) is 0 Å². The third-order valence-corrected chi connectivity index (χ3v) is 6.01. The Kier molecular flexibility index (Phi) is 3.15. The summed E-state index contributed by atoms with van der Waals surface area (Å²) in [5.41, 5.74) is 6.60. The normalized spacial score (nSPS) is 40.2. The fourth-order valence-corrected chi connectivity index (χ4v) is 5.54. The number of hydrogen-bond acceptors (Lipinski definition) is 3. The molecular weight excluding hydrogens is 250 g/mol. The van der Waals surface area contributed by atoms with Gasteiger partial charge in [-0.2, -0.15) is 0 Å². The van der Waals surface area contributed by atoms with Gasteiger partial charge in [-0.05, 0) is 73.8 Å². The highest BCUT2D eigenvalue weighted by molar-refractivity contribution is 5.14. The number of nitrogens with two attached hydrogens (primary N) is 1. The first-order valence-electron chi connectivity index (χ1n) is 8.07. The summed E-state index contributed by atoms with van der Waals surface area (Å²) in [6, 6.07) is 4.15. The Morgan fingerprint density at radius 3 is 2.40 bits per heavy atom. The van der Waals surface area contributed by atoms with E-state index >= 15 is 0 Å². The van der Waals surface area contributed by atoms with Crippen molar-refractivity contribution < 1.29 is 9.15 Å². The topological polar surface area (TPSA) is 48.4 Å². The third-order valence-electron chi connectivity index (χ3n) is 6.01. The summed E-state index contributed by atoms with van der Waals surface area (Å²) in [5.74, 6) is 6.19. The van der Waals surface area contributed by atoms with Crippen LogP contribution >= 0.6 is 0 Å². The summed E-state index contributed by atoms with van der Waals surface area (Å²) in [4.78, 5) is 0. The molecule has 0 amide bonds.